The number of rotatable bonds is 11. The summed E-state index contributed by atoms with van der Waals surface area (Å²) >= 11 is 0. The van der Waals surface area contributed by atoms with Gasteiger partial charge in [-0.25, -0.2) is 15.9 Å². The molecule has 0 bridgehead atoms. The van der Waals surface area contributed by atoms with E-state index in [0.29, 0.717) is 0 Å². The van der Waals surface area contributed by atoms with E-state index in [1.807, 2.05) is 72.8 Å². The first-order valence-electron chi connectivity index (χ1n) is 9.33. The Morgan fingerprint density at radius 3 is 1.55 bits per heavy atom. The van der Waals surface area contributed by atoms with Gasteiger partial charge in [0.05, 0.1) is 5.29 Å². The minimum atomic E-state index is -0.592. The summed E-state index contributed by atoms with van der Waals surface area (Å²) in [7, 11) is 0. The molecule has 2 aromatic rings. The maximum absolute atomic E-state index is 11.8. The molecular weight excluding hydrogens is 396 g/mol. The van der Waals surface area contributed by atoms with E-state index in [0.717, 1.165) is 16.1 Å². The zero-order chi connectivity index (χ0) is 22.2. The van der Waals surface area contributed by atoms with Gasteiger partial charge in [0.2, 0.25) is 0 Å². The molecule has 0 spiro atoms. The van der Waals surface area contributed by atoms with E-state index in [2.05, 4.69) is 26.3 Å². The van der Waals surface area contributed by atoms with E-state index >= 15 is 0 Å². The molecule has 0 aliphatic heterocycles. The highest BCUT2D eigenvalue weighted by Gasteiger charge is 2.13. The second-order valence-electron chi connectivity index (χ2n) is 6.07. The molecule has 0 unspecified atom stereocenters. The fraction of sp³-hybridized carbons (Fsp3) is 0.0909. The van der Waals surface area contributed by atoms with Gasteiger partial charge in [-0.3, -0.25) is 9.59 Å². The number of hydrazone groups is 2. The van der Waals surface area contributed by atoms with Gasteiger partial charge < -0.3 is 0 Å². The van der Waals surface area contributed by atoms with Crippen LogP contribution >= 0.6 is 0 Å². The van der Waals surface area contributed by atoms with E-state index in [1.165, 1.54) is 12.4 Å². The lowest BCUT2D eigenvalue weighted by atomic mass is 10.2. The third-order valence-electron chi connectivity index (χ3n) is 3.64. The van der Waals surface area contributed by atoms with E-state index in [-0.39, 0.29) is 0 Å². The Balaban J connectivity index is 1.68. The fourth-order valence-corrected chi connectivity index (χ4v) is 2.26. The van der Waals surface area contributed by atoms with E-state index in [9.17, 15) is 14.5 Å². The predicted octanol–water partition coefficient (Wildman–Crippen LogP) is 2.60. The van der Waals surface area contributed by atoms with Crippen molar-refractivity contribution in [2.45, 2.75) is 0 Å². The Labute approximate surface area is 179 Å². The maximum Gasteiger partial charge on any atom is 0.261 e. The molecule has 2 N–H and O–H groups in total. The molecule has 31 heavy (non-hydrogen) atoms. The molecular formula is C22H22N6O3. The third-order valence-corrected chi connectivity index (χ3v) is 3.64. The summed E-state index contributed by atoms with van der Waals surface area (Å²) < 4.78 is 0. The van der Waals surface area contributed by atoms with Gasteiger partial charge in [0.1, 0.15) is 13.1 Å². The monoisotopic (exact) mass is 418 g/mol. The minimum absolute atomic E-state index is 0.422. The number of hydrogen-bond donors (Lipinski definition) is 2. The summed E-state index contributed by atoms with van der Waals surface area (Å²) in [6.45, 7) is -0.845. The van der Waals surface area contributed by atoms with Crippen LogP contribution in [-0.4, -0.2) is 42.3 Å². The molecule has 0 fully saturated rings. The second kappa shape index (κ2) is 13.7. The van der Waals surface area contributed by atoms with Crippen LogP contribution in [0.5, 0.6) is 0 Å². The smallest absolute Gasteiger partial charge is 0.261 e. The summed E-state index contributed by atoms with van der Waals surface area (Å²) in [4.78, 5) is 34.5. The zero-order valence-electron chi connectivity index (χ0n) is 16.7. The number of nitrogens with one attached hydrogen (secondary N) is 2. The van der Waals surface area contributed by atoms with Crippen LogP contribution in [0.3, 0.4) is 0 Å². The van der Waals surface area contributed by atoms with Crippen LogP contribution in [0.4, 0.5) is 0 Å². The number of benzene rings is 2. The molecule has 2 rings (SSSR count). The topological polar surface area (TPSA) is 116 Å². The molecule has 0 aromatic heterocycles. The first-order chi connectivity index (χ1) is 15.2. The molecule has 9 nitrogen and oxygen atoms in total. The van der Waals surface area contributed by atoms with Gasteiger partial charge in [-0.15, -0.1) is 4.91 Å². The van der Waals surface area contributed by atoms with Crippen LogP contribution in [0.15, 0.2) is 88.3 Å². The van der Waals surface area contributed by atoms with Crippen molar-refractivity contribution < 1.29 is 9.59 Å². The molecule has 9 heteroatoms. The molecule has 0 saturated heterocycles. The van der Waals surface area contributed by atoms with Crippen molar-refractivity contribution in [3.63, 3.8) is 0 Å². The number of hydrogen-bond acceptors (Lipinski definition) is 6. The largest absolute Gasteiger partial charge is 0.271 e. The molecule has 0 aliphatic carbocycles. The van der Waals surface area contributed by atoms with Gasteiger partial charge in [0.15, 0.2) is 0 Å². The highest BCUT2D eigenvalue weighted by molar-refractivity contribution is 5.84. The highest BCUT2D eigenvalue weighted by Crippen LogP contribution is 2.00. The average Bonchev–Trinajstić information content (AvgIpc) is 2.79. The van der Waals surface area contributed by atoms with Gasteiger partial charge in [-0.05, 0) is 23.3 Å². The zero-order valence-corrected chi connectivity index (χ0v) is 16.7. The number of nitrogens with zero attached hydrogens (tertiary/aromatic N) is 4. The second-order valence-corrected chi connectivity index (χ2v) is 6.07. The molecule has 0 heterocycles. The number of carbonyl (C=O) groups excluding carboxylic acids is 2. The summed E-state index contributed by atoms with van der Waals surface area (Å²) in [6.07, 6.45) is 9.73. The Morgan fingerprint density at radius 2 is 1.16 bits per heavy atom. The lowest BCUT2D eigenvalue weighted by molar-refractivity contribution is -0.125. The number of allylic oxidation sites excluding steroid dienone is 2. The molecule has 0 saturated carbocycles. The van der Waals surface area contributed by atoms with Crippen LogP contribution in [0.1, 0.15) is 11.1 Å². The van der Waals surface area contributed by atoms with Crippen LogP contribution in [-0.2, 0) is 9.59 Å². The van der Waals surface area contributed by atoms with Gasteiger partial charge in [-0.2, -0.15) is 10.2 Å². The summed E-state index contributed by atoms with van der Waals surface area (Å²) in [6, 6.07) is 19.1. The number of amides is 2. The van der Waals surface area contributed by atoms with E-state index in [1.54, 1.807) is 12.2 Å². The van der Waals surface area contributed by atoms with Crippen molar-refractivity contribution in [3.8, 4) is 0 Å². The third kappa shape index (κ3) is 10.1. The highest BCUT2D eigenvalue weighted by atomic mass is 16.3. The lowest BCUT2D eigenvalue weighted by Crippen LogP contribution is -2.37. The summed E-state index contributed by atoms with van der Waals surface area (Å²) in [5, 5.41) is 10.9. The average molecular weight is 418 g/mol. The van der Waals surface area contributed by atoms with Crippen molar-refractivity contribution in [3.05, 3.63) is 88.8 Å². The van der Waals surface area contributed by atoms with Crippen molar-refractivity contribution in [1.29, 1.82) is 0 Å². The van der Waals surface area contributed by atoms with Crippen molar-refractivity contribution in [1.82, 2.24) is 15.9 Å². The molecule has 0 aliphatic rings. The Kier molecular flexibility index (Phi) is 10.1. The first kappa shape index (κ1) is 22.9. The molecule has 2 amide bonds. The van der Waals surface area contributed by atoms with Gasteiger partial charge in [-0.1, -0.05) is 72.8 Å². The van der Waals surface area contributed by atoms with E-state index < -0.39 is 24.9 Å². The maximum atomic E-state index is 11.8. The normalized spacial score (nSPS) is 11.4. The van der Waals surface area contributed by atoms with Gasteiger partial charge in [0.25, 0.3) is 11.8 Å². The SMILES string of the molecule is O=NN(CC(=O)N/N=C\C=C\c1ccccc1)CC(=O)N/N=C/C=C\c1ccccc1. The predicted molar refractivity (Wildman–Crippen MR) is 122 cm³/mol. The standard InChI is InChI=1S/C22H22N6O3/c29-21(25-23-15-7-13-19-9-3-1-4-10-19)17-28(27-31)18-22(30)26-24-16-8-14-20-11-5-2-6-12-20/h1-16H,17-18H2,(H,25,29)(H,26,30)/b13-7-,14-8+,23-15+,24-16-. The van der Waals surface area contributed by atoms with Crippen molar-refractivity contribution in [2.75, 3.05) is 13.1 Å². The first-order valence-corrected chi connectivity index (χ1v) is 9.33. The van der Waals surface area contributed by atoms with Crippen LogP contribution in [0, 0.1) is 4.91 Å². The Hall–Kier alpha value is -4.40. The fourth-order valence-electron chi connectivity index (χ4n) is 2.26. The summed E-state index contributed by atoms with van der Waals surface area (Å²) in [5.41, 5.74) is 6.48. The van der Waals surface area contributed by atoms with Gasteiger partial charge >= 0.3 is 0 Å². The van der Waals surface area contributed by atoms with E-state index in [4.69, 9.17) is 0 Å². The minimum Gasteiger partial charge on any atom is -0.271 e. The summed E-state index contributed by atoms with van der Waals surface area (Å²) in [5.74, 6) is -1.18. The number of nitroso groups, excluding NO2 is 1. The van der Waals surface area contributed by atoms with Crippen LogP contribution < -0.4 is 10.9 Å². The Morgan fingerprint density at radius 1 is 0.742 bits per heavy atom. The lowest BCUT2D eigenvalue weighted by Gasteiger charge is -2.12. The number of carbonyl (C=O) groups is 2. The molecule has 2 aromatic carbocycles. The van der Waals surface area contributed by atoms with Crippen LogP contribution in [0.2, 0.25) is 0 Å². The molecule has 0 radical (unpaired) electrons. The quantitative estimate of drug-likeness (QED) is 0.331. The van der Waals surface area contributed by atoms with Crippen molar-refractivity contribution in [2.24, 2.45) is 15.5 Å². The Bertz CT molecular complexity index is 880. The van der Waals surface area contributed by atoms with Crippen LogP contribution in [0.25, 0.3) is 12.2 Å². The van der Waals surface area contributed by atoms with Crippen molar-refractivity contribution >= 4 is 36.4 Å². The van der Waals surface area contributed by atoms with Gasteiger partial charge in [0, 0.05) is 12.4 Å². The molecule has 158 valence electrons. The molecule has 0 atom stereocenters.